The summed E-state index contributed by atoms with van der Waals surface area (Å²) in [6.45, 7) is 1.75. The van der Waals surface area contributed by atoms with Crippen LogP contribution in [0.15, 0.2) is 60.8 Å². The summed E-state index contributed by atoms with van der Waals surface area (Å²) in [4.78, 5) is 29.7. The second-order valence-corrected chi connectivity index (χ2v) is 11.5. The van der Waals surface area contributed by atoms with Crippen molar-refractivity contribution in [1.29, 1.82) is 0 Å². The lowest BCUT2D eigenvalue weighted by atomic mass is 10.0. The lowest BCUT2D eigenvalue weighted by molar-refractivity contribution is 0.0934. The van der Waals surface area contributed by atoms with E-state index in [9.17, 15) is 22.4 Å². The van der Waals surface area contributed by atoms with Gasteiger partial charge in [-0.15, -0.1) is 0 Å². The van der Waals surface area contributed by atoms with Crippen LogP contribution in [0, 0.1) is 5.82 Å². The molecule has 1 atom stereocenters. The molecule has 2 N–H and O–H groups in total. The highest BCUT2D eigenvalue weighted by Crippen LogP contribution is 2.27. The lowest BCUT2D eigenvalue weighted by Gasteiger charge is -2.22. The molecule has 4 rings (SSSR count). The van der Waals surface area contributed by atoms with E-state index < -0.39 is 38.9 Å². The first kappa shape index (κ1) is 27.5. The van der Waals surface area contributed by atoms with Crippen LogP contribution in [0.2, 0.25) is 5.02 Å². The first-order valence-electron chi connectivity index (χ1n) is 12.2. The number of carbonyl (C=O) groups excluding carboxylic acids is 2. The average molecular weight is 560 g/mol. The molecule has 0 bridgehead atoms. The number of pyridine rings is 1. The van der Waals surface area contributed by atoms with Crippen molar-refractivity contribution in [2.45, 2.75) is 50.3 Å². The number of hydrogen-bond donors (Lipinski definition) is 2. The van der Waals surface area contributed by atoms with Gasteiger partial charge in [0.1, 0.15) is 17.1 Å². The predicted octanol–water partition coefficient (Wildman–Crippen LogP) is 5.55. The Morgan fingerprint density at radius 2 is 1.68 bits per heavy atom. The standard InChI is InChI=1S/C27H27ClFN3O5S/c1-17(18-7-9-19(10-8-18)25(33)32-38(35,36)23-5-3-2-4-6-23)31-26(34)24-15-20(28)16-30-27(24)37-22-13-11-21(29)12-14-22/h7-17,23H,2-6H2,1H3,(H,31,34)(H,32,33)/t17-/m0/s1. The molecule has 8 nitrogen and oxygen atoms in total. The van der Waals surface area contributed by atoms with Crippen LogP contribution in [0.3, 0.4) is 0 Å². The van der Waals surface area contributed by atoms with E-state index in [2.05, 4.69) is 15.0 Å². The zero-order chi connectivity index (χ0) is 27.3. The Hall–Kier alpha value is -3.50. The van der Waals surface area contributed by atoms with Crippen molar-refractivity contribution in [1.82, 2.24) is 15.0 Å². The van der Waals surface area contributed by atoms with E-state index in [0.29, 0.717) is 24.2 Å². The van der Waals surface area contributed by atoms with E-state index in [1.807, 2.05) is 0 Å². The van der Waals surface area contributed by atoms with Crippen molar-refractivity contribution in [3.8, 4) is 11.6 Å². The second kappa shape index (κ2) is 11.9. The molecule has 0 unspecified atom stereocenters. The SMILES string of the molecule is C[C@H](NC(=O)c1cc(Cl)cnc1Oc1ccc(F)cc1)c1ccc(C(=O)NS(=O)(=O)C2CCCCC2)cc1. The molecule has 1 fully saturated rings. The Morgan fingerprint density at radius 1 is 1.03 bits per heavy atom. The highest BCUT2D eigenvalue weighted by atomic mass is 35.5. The molecule has 1 aliphatic rings. The summed E-state index contributed by atoms with van der Waals surface area (Å²) >= 11 is 6.05. The maximum absolute atomic E-state index is 13.2. The second-order valence-electron chi connectivity index (χ2n) is 9.12. The fraction of sp³-hybridized carbons (Fsp3) is 0.296. The van der Waals surface area contributed by atoms with Crippen molar-refractivity contribution >= 4 is 33.4 Å². The van der Waals surface area contributed by atoms with Crippen LogP contribution in [0.25, 0.3) is 0 Å². The average Bonchev–Trinajstić information content (AvgIpc) is 2.91. The molecule has 2 aromatic carbocycles. The van der Waals surface area contributed by atoms with Crippen LogP contribution in [-0.2, 0) is 10.0 Å². The number of benzene rings is 2. The monoisotopic (exact) mass is 559 g/mol. The van der Waals surface area contributed by atoms with Gasteiger partial charge in [0.05, 0.1) is 16.3 Å². The van der Waals surface area contributed by atoms with E-state index in [4.69, 9.17) is 16.3 Å². The van der Waals surface area contributed by atoms with Gasteiger partial charge in [0.2, 0.25) is 15.9 Å². The molecule has 1 aromatic heterocycles. The number of hydrogen-bond acceptors (Lipinski definition) is 6. The van der Waals surface area contributed by atoms with Gasteiger partial charge < -0.3 is 10.1 Å². The molecule has 3 aromatic rings. The van der Waals surface area contributed by atoms with Crippen LogP contribution >= 0.6 is 11.6 Å². The van der Waals surface area contributed by atoms with Crippen molar-refractivity contribution in [3.63, 3.8) is 0 Å². The van der Waals surface area contributed by atoms with Gasteiger partial charge >= 0.3 is 0 Å². The number of rotatable bonds is 8. The molecular weight excluding hydrogens is 533 g/mol. The summed E-state index contributed by atoms with van der Waals surface area (Å²) in [6, 6.07) is 12.5. The summed E-state index contributed by atoms with van der Waals surface area (Å²) < 4.78 is 46.2. The number of amides is 2. The molecule has 1 heterocycles. The largest absolute Gasteiger partial charge is 0.438 e. The summed E-state index contributed by atoms with van der Waals surface area (Å²) in [7, 11) is -3.74. The van der Waals surface area contributed by atoms with Gasteiger partial charge in [-0.2, -0.15) is 0 Å². The number of nitrogens with zero attached hydrogens (tertiary/aromatic N) is 1. The van der Waals surface area contributed by atoms with Gasteiger partial charge in [-0.3, -0.25) is 9.59 Å². The summed E-state index contributed by atoms with van der Waals surface area (Å²) in [5.74, 6) is -1.33. The number of halogens is 2. The van der Waals surface area contributed by atoms with Gasteiger partial charge in [-0.1, -0.05) is 43.0 Å². The van der Waals surface area contributed by atoms with Crippen LogP contribution in [-0.4, -0.2) is 30.5 Å². The summed E-state index contributed by atoms with van der Waals surface area (Å²) in [5.41, 5.74) is 0.958. The number of ether oxygens (including phenoxy) is 1. The van der Waals surface area contributed by atoms with Gasteiger partial charge in [-0.25, -0.2) is 22.5 Å². The van der Waals surface area contributed by atoms with Gasteiger partial charge in [0, 0.05) is 11.8 Å². The predicted molar refractivity (Wildman–Crippen MR) is 141 cm³/mol. The molecule has 1 aliphatic carbocycles. The normalized spacial score (nSPS) is 14.9. The Labute approximate surface area is 225 Å². The topological polar surface area (TPSA) is 114 Å². The maximum atomic E-state index is 13.2. The summed E-state index contributed by atoms with van der Waals surface area (Å²) in [6.07, 6.45) is 5.12. The zero-order valence-corrected chi connectivity index (χ0v) is 22.2. The maximum Gasteiger partial charge on any atom is 0.264 e. The number of nitrogens with one attached hydrogen (secondary N) is 2. The zero-order valence-electron chi connectivity index (χ0n) is 20.6. The Bertz CT molecular complexity index is 1410. The third-order valence-electron chi connectivity index (χ3n) is 6.34. The highest BCUT2D eigenvalue weighted by Gasteiger charge is 2.29. The number of aromatic nitrogens is 1. The quantitative estimate of drug-likeness (QED) is 0.374. The van der Waals surface area contributed by atoms with Crippen molar-refractivity contribution in [3.05, 3.63) is 88.3 Å². The molecule has 0 saturated heterocycles. The smallest absolute Gasteiger partial charge is 0.264 e. The fourth-order valence-corrected chi connectivity index (χ4v) is 5.87. The minimum atomic E-state index is -3.74. The molecule has 11 heteroatoms. The van der Waals surface area contributed by atoms with E-state index in [0.717, 1.165) is 19.3 Å². The van der Waals surface area contributed by atoms with Crippen molar-refractivity contribution in [2.24, 2.45) is 0 Å². The Balaban J connectivity index is 1.42. The minimum Gasteiger partial charge on any atom is -0.438 e. The van der Waals surface area contributed by atoms with Gasteiger partial charge in [0.15, 0.2) is 0 Å². The van der Waals surface area contributed by atoms with E-state index >= 15 is 0 Å². The molecule has 2 amide bonds. The molecule has 0 radical (unpaired) electrons. The fourth-order valence-electron chi connectivity index (χ4n) is 4.21. The van der Waals surface area contributed by atoms with Crippen LogP contribution in [0.4, 0.5) is 4.39 Å². The third-order valence-corrected chi connectivity index (χ3v) is 8.36. The molecular formula is C27H27ClFN3O5S. The van der Waals surface area contributed by atoms with E-state index in [1.165, 1.54) is 48.7 Å². The molecule has 0 aliphatic heterocycles. The Kier molecular flexibility index (Phi) is 8.63. The van der Waals surface area contributed by atoms with Gasteiger partial charge in [-0.05, 0) is 67.8 Å². The minimum absolute atomic E-state index is 0.00287. The first-order chi connectivity index (χ1) is 18.1. The van der Waals surface area contributed by atoms with Crippen LogP contribution < -0.4 is 14.8 Å². The van der Waals surface area contributed by atoms with Gasteiger partial charge in [0.25, 0.3) is 11.8 Å². The molecule has 200 valence electrons. The van der Waals surface area contributed by atoms with Crippen molar-refractivity contribution < 1.29 is 27.1 Å². The van der Waals surface area contributed by atoms with E-state index in [-0.39, 0.29) is 22.0 Å². The molecule has 0 spiro atoms. The summed E-state index contributed by atoms with van der Waals surface area (Å²) in [5, 5.41) is 2.51. The van der Waals surface area contributed by atoms with Crippen molar-refractivity contribution in [2.75, 3.05) is 0 Å². The van der Waals surface area contributed by atoms with Crippen LogP contribution in [0.5, 0.6) is 11.6 Å². The van der Waals surface area contributed by atoms with E-state index in [1.54, 1.807) is 19.1 Å². The number of sulfonamides is 1. The van der Waals surface area contributed by atoms with Crippen LogP contribution in [0.1, 0.15) is 71.3 Å². The lowest BCUT2D eigenvalue weighted by Crippen LogP contribution is -2.39. The number of carbonyl (C=O) groups is 2. The highest BCUT2D eigenvalue weighted by molar-refractivity contribution is 7.90. The first-order valence-corrected chi connectivity index (χ1v) is 14.1. The molecule has 1 saturated carbocycles. The third kappa shape index (κ3) is 6.87. The molecule has 38 heavy (non-hydrogen) atoms. The Morgan fingerprint density at radius 3 is 2.34 bits per heavy atom.